The molecule has 8 aromatic rings. The van der Waals surface area contributed by atoms with Crippen LogP contribution in [-0.2, 0) is 0 Å². The molecule has 0 spiro atoms. The molecule has 2 heterocycles. The van der Waals surface area contributed by atoms with Crippen LogP contribution < -0.4 is 22.2 Å². The van der Waals surface area contributed by atoms with Crippen molar-refractivity contribution in [3.05, 3.63) is 232 Å². The van der Waals surface area contributed by atoms with E-state index in [4.69, 9.17) is 0 Å². The number of carbonyl (C=O) groups excluding carboxylic acids is 3. The average Bonchev–Trinajstić information content (AvgIpc) is 3.67. The number of ketones is 3. The fourth-order valence-corrected chi connectivity index (χ4v) is 6.98. The van der Waals surface area contributed by atoms with Gasteiger partial charge in [-0.25, -0.2) is 13.9 Å². The van der Waals surface area contributed by atoms with Crippen LogP contribution in [0.3, 0.4) is 0 Å². The summed E-state index contributed by atoms with van der Waals surface area (Å²) in [5.74, 6) is -3.01. The lowest BCUT2D eigenvalue weighted by molar-refractivity contribution is 0.0696. The molecule has 1 N–H and O–H groups in total. The van der Waals surface area contributed by atoms with E-state index >= 15 is 0 Å². The molecule has 0 saturated heterocycles. The lowest BCUT2D eigenvalue weighted by Crippen LogP contribution is -2.25. The third-order valence-corrected chi connectivity index (χ3v) is 9.88. The Morgan fingerprint density at radius 1 is 0.441 bits per heavy atom. The molecule has 0 fully saturated rings. The lowest BCUT2D eigenvalue weighted by atomic mass is 9.94. The summed E-state index contributed by atoms with van der Waals surface area (Å²) in [6.45, 7) is 0. The molecule has 6 aromatic carbocycles. The molecule has 0 aliphatic carbocycles. The SMILES string of the molecule is O=C(O)c1ccc(C(=O)c2c3c(=O)n(-c4cccc(C(=O)C=Cc5ccccc5)c4)c(=O)c3cc3c(=O)n(-c4cccc(C(=O)C=Cc5ccccc5)c4)c(=O)c23)cc1. The van der Waals surface area contributed by atoms with Crippen LogP contribution in [0.1, 0.15) is 58.1 Å². The van der Waals surface area contributed by atoms with Crippen LogP contribution >= 0.6 is 0 Å². The Bertz CT molecular complexity index is 3130. The van der Waals surface area contributed by atoms with Gasteiger partial charge >= 0.3 is 5.97 Å². The maximum absolute atomic E-state index is 14.5. The first-order valence-corrected chi connectivity index (χ1v) is 18.1. The van der Waals surface area contributed by atoms with Crippen molar-refractivity contribution in [3.8, 4) is 11.4 Å². The van der Waals surface area contributed by atoms with E-state index in [1.165, 1.54) is 84.9 Å². The summed E-state index contributed by atoms with van der Waals surface area (Å²) in [5.41, 5.74) is -2.73. The van der Waals surface area contributed by atoms with Crippen LogP contribution in [0.2, 0.25) is 0 Å². The molecule has 8 rings (SSSR count). The minimum Gasteiger partial charge on any atom is -0.478 e. The number of rotatable bonds is 11. The average molecular weight is 777 g/mol. The number of hydrogen-bond donors (Lipinski definition) is 1. The Morgan fingerprint density at radius 2 is 0.864 bits per heavy atom. The van der Waals surface area contributed by atoms with Gasteiger partial charge in [0.25, 0.3) is 22.2 Å². The van der Waals surface area contributed by atoms with Gasteiger partial charge in [-0.3, -0.25) is 33.6 Å². The standard InChI is InChI=1S/C48H28N2O9/c51-38(23-17-28-9-3-1-4-10-28)32-13-7-15-34(25-32)49-44(54)36-27-37-41(42(40(36)46(49)56)43(53)30-19-21-31(22-20-30)48(58)59)47(57)50(45(37)55)35-16-8-14-33(26-35)39(52)24-18-29-11-5-2-6-12-29/h1-27H,(H,58,59). The van der Waals surface area contributed by atoms with E-state index in [1.54, 1.807) is 12.2 Å². The Hall–Kier alpha value is -8.44. The van der Waals surface area contributed by atoms with Gasteiger partial charge in [-0.05, 0) is 65.7 Å². The Balaban J connectivity index is 1.31. The molecule has 2 aromatic heterocycles. The van der Waals surface area contributed by atoms with Crippen molar-refractivity contribution in [2.45, 2.75) is 0 Å². The van der Waals surface area contributed by atoms with Gasteiger partial charge in [-0.1, -0.05) is 109 Å². The van der Waals surface area contributed by atoms with E-state index in [-0.39, 0.29) is 44.4 Å². The van der Waals surface area contributed by atoms with E-state index < -0.39 is 61.9 Å². The van der Waals surface area contributed by atoms with Crippen LogP contribution in [0.25, 0.3) is 45.1 Å². The predicted molar refractivity (Wildman–Crippen MR) is 224 cm³/mol. The van der Waals surface area contributed by atoms with Gasteiger partial charge in [0.1, 0.15) is 0 Å². The van der Waals surface area contributed by atoms with E-state index in [1.807, 2.05) is 60.7 Å². The second-order valence-electron chi connectivity index (χ2n) is 13.5. The van der Waals surface area contributed by atoms with E-state index in [9.17, 15) is 43.5 Å². The lowest BCUT2D eigenvalue weighted by Gasteiger charge is -2.05. The maximum Gasteiger partial charge on any atom is 0.335 e. The highest BCUT2D eigenvalue weighted by atomic mass is 16.4. The summed E-state index contributed by atoms with van der Waals surface area (Å²) >= 11 is 0. The molecular formula is C48H28N2O9. The number of aromatic carboxylic acids is 1. The number of hydrogen-bond acceptors (Lipinski definition) is 8. The number of nitrogens with zero attached hydrogens (tertiary/aromatic N) is 2. The van der Waals surface area contributed by atoms with Crippen LogP contribution in [0.5, 0.6) is 0 Å². The number of carbonyl (C=O) groups is 4. The summed E-state index contributed by atoms with van der Waals surface area (Å²) in [7, 11) is 0. The predicted octanol–water partition coefficient (Wildman–Crippen LogP) is 6.61. The normalized spacial score (nSPS) is 11.5. The van der Waals surface area contributed by atoms with Crippen LogP contribution in [0, 0.1) is 0 Å². The number of allylic oxidation sites excluding steroid dienone is 2. The molecule has 0 saturated carbocycles. The number of carboxylic acid groups (broad SMARTS) is 1. The van der Waals surface area contributed by atoms with Gasteiger partial charge in [0.05, 0.1) is 38.5 Å². The first-order valence-electron chi connectivity index (χ1n) is 18.1. The van der Waals surface area contributed by atoms with Crippen LogP contribution in [-0.4, -0.2) is 37.6 Å². The molecule has 0 bridgehead atoms. The second kappa shape index (κ2) is 15.2. The zero-order valence-corrected chi connectivity index (χ0v) is 30.7. The molecule has 0 atom stereocenters. The summed E-state index contributed by atoms with van der Waals surface area (Å²) in [5, 5.41) is 7.89. The van der Waals surface area contributed by atoms with Gasteiger partial charge in [-0.2, -0.15) is 0 Å². The minimum atomic E-state index is -1.26. The van der Waals surface area contributed by atoms with Gasteiger partial charge < -0.3 is 5.11 Å². The van der Waals surface area contributed by atoms with Crippen molar-refractivity contribution >= 4 is 57.0 Å². The van der Waals surface area contributed by atoms with Crippen molar-refractivity contribution in [1.29, 1.82) is 0 Å². The zero-order chi connectivity index (χ0) is 41.4. The third-order valence-electron chi connectivity index (χ3n) is 9.88. The highest BCUT2D eigenvalue weighted by Crippen LogP contribution is 2.27. The Morgan fingerprint density at radius 3 is 1.29 bits per heavy atom. The maximum atomic E-state index is 14.5. The van der Waals surface area contributed by atoms with Gasteiger partial charge in [0, 0.05) is 22.3 Å². The first kappa shape index (κ1) is 37.5. The summed E-state index contributed by atoms with van der Waals surface area (Å²) in [4.78, 5) is 110. The van der Waals surface area contributed by atoms with Crippen molar-refractivity contribution in [2.24, 2.45) is 0 Å². The summed E-state index contributed by atoms with van der Waals surface area (Å²) < 4.78 is 1.54. The number of benzene rings is 6. The molecule has 284 valence electrons. The second-order valence-corrected chi connectivity index (χ2v) is 13.5. The molecule has 0 aliphatic heterocycles. The highest BCUT2D eigenvalue weighted by molar-refractivity contribution is 6.24. The van der Waals surface area contributed by atoms with Crippen molar-refractivity contribution in [3.63, 3.8) is 0 Å². The van der Waals surface area contributed by atoms with E-state index in [0.29, 0.717) is 0 Å². The van der Waals surface area contributed by atoms with Crippen molar-refractivity contribution in [2.75, 3.05) is 0 Å². The quantitative estimate of drug-likeness (QED) is 0.112. The summed E-state index contributed by atoms with van der Waals surface area (Å²) in [6, 6.07) is 35.6. The van der Waals surface area contributed by atoms with Gasteiger partial charge in [0.2, 0.25) is 0 Å². The van der Waals surface area contributed by atoms with E-state index in [2.05, 4.69) is 0 Å². The largest absolute Gasteiger partial charge is 0.478 e. The van der Waals surface area contributed by atoms with Gasteiger partial charge in [-0.15, -0.1) is 0 Å². The molecule has 59 heavy (non-hydrogen) atoms. The number of aromatic nitrogens is 2. The van der Waals surface area contributed by atoms with Crippen LogP contribution in [0.15, 0.2) is 171 Å². The molecule has 11 heteroatoms. The highest BCUT2D eigenvalue weighted by Gasteiger charge is 2.30. The minimum absolute atomic E-state index is 0.00149. The van der Waals surface area contributed by atoms with Crippen molar-refractivity contribution < 1.29 is 24.3 Å². The fraction of sp³-hybridized carbons (Fsp3) is 0. The fourth-order valence-electron chi connectivity index (χ4n) is 6.98. The molecular weight excluding hydrogens is 749 g/mol. The molecule has 0 amide bonds. The number of fused-ring (bicyclic) bond motifs is 2. The molecule has 0 aliphatic rings. The van der Waals surface area contributed by atoms with Gasteiger partial charge in [0.15, 0.2) is 17.3 Å². The number of carboxylic acids is 1. The topological polar surface area (TPSA) is 167 Å². The summed E-state index contributed by atoms with van der Waals surface area (Å²) in [6.07, 6.45) is 5.94. The zero-order valence-electron chi connectivity index (χ0n) is 30.7. The first-order chi connectivity index (χ1) is 28.5. The van der Waals surface area contributed by atoms with Crippen LogP contribution in [0.4, 0.5) is 0 Å². The van der Waals surface area contributed by atoms with E-state index in [0.717, 1.165) is 26.3 Å². The third kappa shape index (κ3) is 6.89. The van der Waals surface area contributed by atoms with Crippen molar-refractivity contribution in [1.82, 2.24) is 9.13 Å². The Kier molecular flexibility index (Phi) is 9.68. The molecule has 0 radical (unpaired) electrons. The monoisotopic (exact) mass is 776 g/mol. The molecule has 0 unspecified atom stereocenters. The smallest absolute Gasteiger partial charge is 0.335 e. The molecule has 11 nitrogen and oxygen atoms in total. The Labute approximate surface area is 333 Å².